The Balaban J connectivity index is 1.73. The second-order valence-electron chi connectivity index (χ2n) is 4.48. The van der Waals surface area contributed by atoms with E-state index in [1.54, 1.807) is 11.5 Å². The maximum atomic E-state index is 11.8. The van der Waals surface area contributed by atoms with Gasteiger partial charge >= 0.3 is 0 Å². The minimum absolute atomic E-state index is 0.0828. The molecule has 0 radical (unpaired) electrons. The quantitative estimate of drug-likeness (QED) is 0.582. The van der Waals surface area contributed by atoms with Crippen molar-refractivity contribution in [2.75, 3.05) is 11.9 Å². The molecule has 0 spiro atoms. The highest BCUT2D eigenvalue weighted by Gasteiger charge is 2.05. The normalized spacial score (nSPS) is 10.5. The SMILES string of the molecule is O=C(/C=C/Sc1ccccc1)NCC(=O)Nc1ccccc1Br. The highest BCUT2D eigenvalue weighted by molar-refractivity contribution is 9.10. The molecule has 2 aromatic rings. The Bertz CT molecular complexity index is 705. The Morgan fingerprint density at radius 3 is 2.48 bits per heavy atom. The van der Waals surface area contributed by atoms with E-state index in [1.807, 2.05) is 48.5 Å². The van der Waals surface area contributed by atoms with Crippen LogP contribution in [-0.2, 0) is 9.59 Å². The number of thioether (sulfide) groups is 1. The summed E-state index contributed by atoms with van der Waals surface area (Å²) in [6.45, 7) is -0.0828. The first-order valence-electron chi connectivity index (χ1n) is 6.85. The molecule has 0 saturated carbocycles. The average molecular weight is 391 g/mol. The summed E-state index contributed by atoms with van der Waals surface area (Å²) in [5, 5.41) is 6.95. The third-order valence-electron chi connectivity index (χ3n) is 2.74. The van der Waals surface area contributed by atoms with Crippen LogP contribution in [0.4, 0.5) is 5.69 Å². The van der Waals surface area contributed by atoms with E-state index < -0.39 is 0 Å². The van der Waals surface area contributed by atoms with E-state index in [4.69, 9.17) is 0 Å². The van der Waals surface area contributed by atoms with Gasteiger partial charge in [0.2, 0.25) is 11.8 Å². The van der Waals surface area contributed by atoms with Crippen molar-refractivity contribution in [1.29, 1.82) is 0 Å². The number of hydrogen-bond acceptors (Lipinski definition) is 3. The van der Waals surface area contributed by atoms with E-state index in [1.165, 1.54) is 17.8 Å². The van der Waals surface area contributed by atoms with Crippen molar-refractivity contribution in [3.63, 3.8) is 0 Å². The molecule has 4 nitrogen and oxygen atoms in total. The van der Waals surface area contributed by atoms with Gasteiger partial charge in [0.15, 0.2) is 0 Å². The Morgan fingerprint density at radius 1 is 1.04 bits per heavy atom. The lowest BCUT2D eigenvalue weighted by Crippen LogP contribution is -2.31. The highest BCUT2D eigenvalue weighted by atomic mass is 79.9. The molecule has 0 aliphatic heterocycles. The second-order valence-corrected chi connectivity index (χ2v) is 6.31. The van der Waals surface area contributed by atoms with Crippen molar-refractivity contribution in [3.05, 3.63) is 70.6 Å². The molecule has 2 amide bonds. The third-order valence-corrected chi connectivity index (χ3v) is 4.25. The Kier molecular flexibility index (Phi) is 6.90. The molecule has 118 valence electrons. The molecule has 6 heteroatoms. The molecule has 2 rings (SSSR count). The van der Waals surface area contributed by atoms with Gasteiger partial charge in [-0.25, -0.2) is 0 Å². The van der Waals surface area contributed by atoms with Crippen molar-refractivity contribution in [2.24, 2.45) is 0 Å². The van der Waals surface area contributed by atoms with Crippen LogP contribution in [0.1, 0.15) is 0 Å². The first-order valence-corrected chi connectivity index (χ1v) is 8.53. The van der Waals surface area contributed by atoms with Crippen molar-refractivity contribution >= 4 is 45.2 Å². The lowest BCUT2D eigenvalue weighted by molar-refractivity contribution is -0.121. The van der Waals surface area contributed by atoms with Crippen LogP contribution in [0.2, 0.25) is 0 Å². The number of anilines is 1. The summed E-state index contributed by atoms with van der Waals surface area (Å²) >= 11 is 4.78. The van der Waals surface area contributed by atoms with E-state index in [9.17, 15) is 9.59 Å². The summed E-state index contributed by atoms with van der Waals surface area (Å²) < 4.78 is 0.791. The number of amides is 2. The van der Waals surface area contributed by atoms with Gasteiger partial charge in [0.1, 0.15) is 0 Å². The largest absolute Gasteiger partial charge is 0.343 e. The van der Waals surface area contributed by atoms with Crippen LogP contribution in [0.25, 0.3) is 0 Å². The van der Waals surface area contributed by atoms with Crippen LogP contribution in [0, 0.1) is 0 Å². The molecule has 0 aromatic heterocycles. The smallest absolute Gasteiger partial charge is 0.244 e. The van der Waals surface area contributed by atoms with Gasteiger partial charge in [0.25, 0.3) is 0 Å². The molecular formula is C17H15BrN2O2S. The molecule has 0 fully saturated rings. The summed E-state index contributed by atoms with van der Waals surface area (Å²) in [5.41, 5.74) is 0.668. The first-order chi connectivity index (χ1) is 11.1. The molecule has 0 aliphatic rings. The number of nitrogens with one attached hydrogen (secondary N) is 2. The Morgan fingerprint density at radius 2 is 1.74 bits per heavy atom. The van der Waals surface area contributed by atoms with Crippen LogP contribution in [-0.4, -0.2) is 18.4 Å². The average Bonchev–Trinajstić information content (AvgIpc) is 2.56. The summed E-state index contributed by atoms with van der Waals surface area (Å²) in [7, 11) is 0. The number of carbonyl (C=O) groups is 2. The fourth-order valence-electron chi connectivity index (χ4n) is 1.66. The number of hydrogen-bond donors (Lipinski definition) is 2. The topological polar surface area (TPSA) is 58.2 Å². The number of halogens is 1. The van der Waals surface area contributed by atoms with E-state index in [0.717, 1.165) is 9.37 Å². The Labute approximate surface area is 147 Å². The lowest BCUT2D eigenvalue weighted by atomic mass is 10.3. The predicted octanol–water partition coefficient (Wildman–Crippen LogP) is 3.81. The van der Waals surface area contributed by atoms with Gasteiger partial charge in [-0.1, -0.05) is 42.1 Å². The van der Waals surface area contributed by atoms with Crippen LogP contribution in [0.5, 0.6) is 0 Å². The maximum absolute atomic E-state index is 11.8. The highest BCUT2D eigenvalue weighted by Crippen LogP contribution is 2.20. The fourth-order valence-corrected chi connectivity index (χ4v) is 2.70. The van der Waals surface area contributed by atoms with Gasteiger partial charge in [0, 0.05) is 15.4 Å². The molecule has 0 bridgehead atoms. The van der Waals surface area contributed by atoms with Gasteiger partial charge in [-0.15, -0.1) is 0 Å². The Hall–Kier alpha value is -2.05. The standard InChI is InChI=1S/C17H15BrN2O2S/c18-14-8-4-5-9-15(14)20-17(22)12-19-16(21)10-11-23-13-6-2-1-3-7-13/h1-11H,12H2,(H,19,21)(H,20,22)/b11-10+. The second kappa shape index (κ2) is 9.17. The monoisotopic (exact) mass is 390 g/mol. The molecular weight excluding hydrogens is 376 g/mol. The molecule has 0 heterocycles. The number of para-hydroxylation sites is 1. The van der Waals surface area contributed by atoms with Crippen LogP contribution < -0.4 is 10.6 Å². The molecule has 2 N–H and O–H groups in total. The first kappa shape index (κ1) is 17.3. The number of carbonyl (C=O) groups excluding carboxylic acids is 2. The van der Waals surface area contributed by atoms with Crippen molar-refractivity contribution < 1.29 is 9.59 Å². The van der Waals surface area contributed by atoms with Crippen LogP contribution in [0.3, 0.4) is 0 Å². The lowest BCUT2D eigenvalue weighted by Gasteiger charge is -2.07. The summed E-state index contributed by atoms with van der Waals surface area (Å²) in [6, 6.07) is 17.0. The molecule has 0 unspecified atom stereocenters. The van der Waals surface area contributed by atoms with Gasteiger partial charge in [-0.3, -0.25) is 9.59 Å². The zero-order chi connectivity index (χ0) is 16.5. The van der Waals surface area contributed by atoms with Gasteiger partial charge in [-0.2, -0.15) is 0 Å². The third kappa shape index (κ3) is 6.30. The fraction of sp³-hybridized carbons (Fsp3) is 0.0588. The van der Waals surface area contributed by atoms with Gasteiger partial charge in [-0.05, 0) is 45.6 Å². The van der Waals surface area contributed by atoms with E-state index >= 15 is 0 Å². The van der Waals surface area contributed by atoms with Crippen molar-refractivity contribution in [3.8, 4) is 0 Å². The van der Waals surface area contributed by atoms with Crippen molar-refractivity contribution in [2.45, 2.75) is 4.90 Å². The van der Waals surface area contributed by atoms with E-state index in [0.29, 0.717) is 5.69 Å². The summed E-state index contributed by atoms with van der Waals surface area (Å²) in [4.78, 5) is 24.5. The molecule has 0 saturated heterocycles. The number of benzene rings is 2. The summed E-state index contributed by atoms with van der Waals surface area (Å²) in [6.07, 6.45) is 1.41. The van der Waals surface area contributed by atoms with Crippen molar-refractivity contribution in [1.82, 2.24) is 5.32 Å². The predicted molar refractivity (Wildman–Crippen MR) is 97.2 cm³/mol. The van der Waals surface area contributed by atoms with E-state index in [-0.39, 0.29) is 18.4 Å². The maximum Gasteiger partial charge on any atom is 0.244 e. The minimum Gasteiger partial charge on any atom is -0.343 e. The van der Waals surface area contributed by atoms with Crippen LogP contribution >= 0.6 is 27.7 Å². The van der Waals surface area contributed by atoms with E-state index in [2.05, 4.69) is 26.6 Å². The molecule has 2 aromatic carbocycles. The molecule has 0 aliphatic carbocycles. The van der Waals surface area contributed by atoms with Gasteiger partial charge in [0.05, 0.1) is 12.2 Å². The zero-order valence-electron chi connectivity index (χ0n) is 12.2. The zero-order valence-corrected chi connectivity index (χ0v) is 14.6. The summed E-state index contributed by atoms with van der Waals surface area (Å²) in [5.74, 6) is -0.593. The number of rotatable bonds is 6. The van der Waals surface area contributed by atoms with Gasteiger partial charge < -0.3 is 10.6 Å². The minimum atomic E-state index is -0.310. The van der Waals surface area contributed by atoms with Crippen LogP contribution in [0.15, 0.2) is 75.4 Å². The molecule has 23 heavy (non-hydrogen) atoms. The molecule has 0 atom stereocenters.